The minimum atomic E-state index is -4.35. The number of nitrogens with zero attached hydrogens (tertiary/aromatic N) is 2. The Kier molecular flexibility index (Phi) is 4.41. The highest BCUT2D eigenvalue weighted by Gasteiger charge is 2.57. The number of ether oxygens (including phenoxy) is 1. The largest absolute Gasteiger partial charge is 0.446 e. The molecule has 1 aliphatic carbocycles. The Morgan fingerprint density at radius 1 is 1.13 bits per heavy atom. The van der Waals surface area contributed by atoms with Crippen LogP contribution in [0.3, 0.4) is 0 Å². The molecule has 0 bridgehead atoms. The van der Waals surface area contributed by atoms with Crippen molar-refractivity contribution in [3.8, 4) is 0 Å². The number of benzene rings is 1. The highest BCUT2D eigenvalue weighted by molar-refractivity contribution is 8.00. The van der Waals surface area contributed by atoms with E-state index in [4.69, 9.17) is 4.74 Å². The van der Waals surface area contributed by atoms with Crippen LogP contribution in [0.15, 0.2) is 41.6 Å². The third-order valence-electron chi connectivity index (χ3n) is 6.26. The first kappa shape index (κ1) is 19.8. The maximum absolute atomic E-state index is 14.5. The summed E-state index contributed by atoms with van der Waals surface area (Å²) >= 11 is -0.171. The number of hydrogen-bond acceptors (Lipinski definition) is 4. The number of carbonyl (C=O) groups is 1. The predicted octanol–water partition coefficient (Wildman–Crippen LogP) is 4.52. The van der Waals surface area contributed by atoms with Crippen molar-refractivity contribution in [3.63, 3.8) is 0 Å². The Morgan fingerprint density at radius 3 is 2.53 bits per heavy atom. The zero-order valence-corrected chi connectivity index (χ0v) is 16.7. The van der Waals surface area contributed by atoms with Crippen molar-refractivity contribution in [3.05, 3.63) is 59.2 Å². The molecule has 158 valence electrons. The molecule has 1 atom stereocenters. The first-order valence-corrected chi connectivity index (χ1v) is 10.5. The third kappa shape index (κ3) is 3.19. The van der Waals surface area contributed by atoms with Crippen LogP contribution >= 0.6 is 11.8 Å². The summed E-state index contributed by atoms with van der Waals surface area (Å²) in [7, 11) is 0. The van der Waals surface area contributed by atoms with Crippen molar-refractivity contribution < 1.29 is 27.1 Å². The van der Waals surface area contributed by atoms with Gasteiger partial charge in [-0.05, 0) is 42.3 Å². The fourth-order valence-corrected chi connectivity index (χ4v) is 5.23. The summed E-state index contributed by atoms with van der Waals surface area (Å²) in [6.07, 6.45) is 4.57. The van der Waals surface area contributed by atoms with Gasteiger partial charge in [-0.15, -0.1) is 0 Å². The van der Waals surface area contributed by atoms with Gasteiger partial charge in [0.2, 0.25) is 5.91 Å². The molecule has 2 aromatic rings. The van der Waals surface area contributed by atoms with Crippen LogP contribution in [0.5, 0.6) is 0 Å². The summed E-state index contributed by atoms with van der Waals surface area (Å²) in [6, 6.07) is 6.03. The molecule has 0 radical (unpaired) electrons. The van der Waals surface area contributed by atoms with Crippen LogP contribution in [0.1, 0.15) is 36.0 Å². The number of aromatic nitrogens is 1. The van der Waals surface area contributed by atoms with Crippen LogP contribution in [0.25, 0.3) is 0 Å². The Labute approximate surface area is 174 Å². The van der Waals surface area contributed by atoms with E-state index in [0.717, 1.165) is 5.56 Å². The number of fused-ring (bicyclic) bond motifs is 2. The van der Waals surface area contributed by atoms with Crippen LogP contribution in [0.2, 0.25) is 0 Å². The van der Waals surface area contributed by atoms with Crippen LogP contribution in [-0.2, 0) is 27.2 Å². The zero-order chi connectivity index (χ0) is 21.1. The molecule has 9 heteroatoms. The summed E-state index contributed by atoms with van der Waals surface area (Å²) in [5.74, 6) is -0.486. The van der Waals surface area contributed by atoms with E-state index in [1.54, 1.807) is 23.2 Å². The van der Waals surface area contributed by atoms with E-state index in [0.29, 0.717) is 36.9 Å². The van der Waals surface area contributed by atoms with Crippen molar-refractivity contribution in [2.75, 3.05) is 13.1 Å². The van der Waals surface area contributed by atoms with Crippen LogP contribution in [-0.4, -0.2) is 34.4 Å². The fourth-order valence-electron chi connectivity index (χ4n) is 4.69. The number of thioether (sulfide) groups is 1. The standard InChI is InChI=1S/C21H18F4N2O2S/c22-16-10-26-9-13-11-29-20(17(13)16)7-8-27(12-20)18(28)19(5-6-19)14-1-3-15(4-2-14)30-21(23,24)25/h1-4,9-10H,5-8,11-12H2. The number of halogens is 4. The number of amides is 1. The van der Waals surface area contributed by atoms with Crippen molar-refractivity contribution in [2.24, 2.45) is 0 Å². The Balaban J connectivity index is 1.35. The topological polar surface area (TPSA) is 42.4 Å². The van der Waals surface area contributed by atoms with Gasteiger partial charge in [0.15, 0.2) is 0 Å². The normalized spacial score (nSPS) is 24.3. The average Bonchev–Trinajstić information content (AvgIpc) is 3.26. The molecule has 1 aromatic heterocycles. The lowest BCUT2D eigenvalue weighted by Crippen LogP contribution is -2.40. The van der Waals surface area contributed by atoms with E-state index < -0.39 is 22.3 Å². The van der Waals surface area contributed by atoms with Crippen LogP contribution in [0.4, 0.5) is 17.6 Å². The molecule has 1 spiro atoms. The lowest BCUT2D eigenvalue weighted by Gasteiger charge is -2.27. The van der Waals surface area contributed by atoms with Gasteiger partial charge in [-0.3, -0.25) is 9.78 Å². The lowest BCUT2D eigenvalue weighted by atomic mass is 9.92. The van der Waals surface area contributed by atoms with Gasteiger partial charge in [-0.2, -0.15) is 13.2 Å². The van der Waals surface area contributed by atoms with E-state index in [1.165, 1.54) is 18.3 Å². The number of pyridine rings is 1. The molecule has 1 saturated carbocycles. The van der Waals surface area contributed by atoms with Gasteiger partial charge >= 0.3 is 5.51 Å². The first-order chi connectivity index (χ1) is 14.2. The van der Waals surface area contributed by atoms with E-state index in [2.05, 4.69) is 4.98 Å². The second-order valence-electron chi connectivity index (χ2n) is 8.07. The Morgan fingerprint density at radius 2 is 1.87 bits per heavy atom. The highest BCUT2D eigenvalue weighted by atomic mass is 32.2. The number of hydrogen-bond donors (Lipinski definition) is 0. The molecular weight excluding hydrogens is 420 g/mol. The minimum absolute atomic E-state index is 0.0675. The lowest BCUT2D eigenvalue weighted by molar-refractivity contribution is -0.134. The van der Waals surface area contributed by atoms with Crippen LogP contribution < -0.4 is 0 Å². The summed E-state index contributed by atoms with van der Waals surface area (Å²) in [5.41, 5.74) is -3.97. The maximum Gasteiger partial charge on any atom is 0.446 e. The first-order valence-electron chi connectivity index (χ1n) is 9.65. The van der Waals surface area contributed by atoms with E-state index in [1.807, 2.05) is 0 Å². The van der Waals surface area contributed by atoms with Gasteiger partial charge in [0.1, 0.15) is 11.4 Å². The monoisotopic (exact) mass is 438 g/mol. The molecule has 0 N–H and O–H groups in total. The predicted molar refractivity (Wildman–Crippen MR) is 101 cm³/mol. The van der Waals surface area contributed by atoms with Crippen molar-refractivity contribution in [2.45, 2.75) is 47.3 Å². The molecule has 4 nitrogen and oxygen atoms in total. The minimum Gasteiger partial charge on any atom is -0.363 e. The summed E-state index contributed by atoms with van der Waals surface area (Å²) < 4.78 is 58.1. The fraction of sp³-hybridized carbons (Fsp3) is 0.429. The molecule has 1 aromatic carbocycles. The second kappa shape index (κ2) is 6.68. The number of carbonyl (C=O) groups excluding carboxylic acids is 1. The van der Waals surface area contributed by atoms with Gasteiger partial charge < -0.3 is 9.64 Å². The molecule has 1 unspecified atom stereocenters. The number of alkyl halides is 3. The summed E-state index contributed by atoms with van der Waals surface area (Å²) in [4.78, 5) is 19.0. The molecule has 1 amide bonds. The number of likely N-dealkylation sites (tertiary alicyclic amines) is 1. The average molecular weight is 438 g/mol. The molecular formula is C21H18F4N2O2S. The maximum atomic E-state index is 14.5. The Bertz CT molecular complexity index is 1010. The van der Waals surface area contributed by atoms with E-state index >= 15 is 0 Å². The smallest absolute Gasteiger partial charge is 0.363 e. The van der Waals surface area contributed by atoms with Crippen molar-refractivity contribution in [1.29, 1.82) is 0 Å². The Hall–Kier alpha value is -2.13. The van der Waals surface area contributed by atoms with Gasteiger partial charge in [0.05, 0.1) is 24.8 Å². The SMILES string of the molecule is O=C(N1CCC2(C1)OCc1cncc(F)c12)C1(c2ccc(SC(F)(F)F)cc2)CC1. The molecule has 2 aliphatic heterocycles. The molecule has 1 saturated heterocycles. The molecule has 30 heavy (non-hydrogen) atoms. The molecule has 2 fully saturated rings. The van der Waals surface area contributed by atoms with Gasteiger partial charge in [0, 0.05) is 35.2 Å². The van der Waals surface area contributed by atoms with Crippen molar-refractivity contribution in [1.82, 2.24) is 9.88 Å². The quantitative estimate of drug-likeness (QED) is 0.522. The summed E-state index contributed by atoms with van der Waals surface area (Å²) in [6.45, 7) is 0.985. The summed E-state index contributed by atoms with van der Waals surface area (Å²) in [5, 5.41) is 0. The number of rotatable bonds is 3. The van der Waals surface area contributed by atoms with Crippen molar-refractivity contribution >= 4 is 17.7 Å². The van der Waals surface area contributed by atoms with Gasteiger partial charge in [-0.1, -0.05) is 12.1 Å². The van der Waals surface area contributed by atoms with Gasteiger partial charge in [0.25, 0.3) is 0 Å². The molecule has 3 heterocycles. The second-order valence-corrected chi connectivity index (χ2v) is 9.21. The van der Waals surface area contributed by atoms with E-state index in [-0.39, 0.29) is 35.7 Å². The zero-order valence-electron chi connectivity index (χ0n) is 15.8. The van der Waals surface area contributed by atoms with Gasteiger partial charge in [-0.25, -0.2) is 4.39 Å². The van der Waals surface area contributed by atoms with E-state index in [9.17, 15) is 22.4 Å². The molecule has 3 aliphatic rings. The third-order valence-corrected chi connectivity index (χ3v) is 7.00. The highest BCUT2D eigenvalue weighted by Crippen LogP contribution is 2.52. The molecule has 5 rings (SSSR count). The van der Waals surface area contributed by atoms with Crippen LogP contribution in [0, 0.1) is 5.82 Å².